The first kappa shape index (κ1) is 16.5. The van der Waals surface area contributed by atoms with E-state index in [-0.39, 0.29) is 29.4 Å². The molecule has 1 fully saturated rings. The van der Waals surface area contributed by atoms with E-state index >= 15 is 0 Å². The average Bonchev–Trinajstić information content (AvgIpc) is 3.28. The molecule has 0 saturated heterocycles. The molecule has 134 valence electrons. The van der Waals surface area contributed by atoms with Gasteiger partial charge >= 0.3 is 0 Å². The van der Waals surface area contributed by atoms with E-state index in [9.17, 15) is 9.90 Å². The van der Waals surface area contributed by atoms with Gasteiger partial charge in [-0.05, 0) is 19.8 Å². The summed E-state index contributed by atoms with van der Waals surface area (Å²) in [6.07, 6.45) is 0.654. The minimum absolute atomic E-state index is 0.0197. The van der Waals surface area contributed by atoms with Crippen LogP contribution in [0.25, 0.3) is 11.3 Å². The van der Waals surface area contributed by atoms with Gasteiger partial charge in [0.25, 0.3) is 5.91 Å². The molecule has 0 aliphatic heterocycles. The van der Waals surface area contributed by atoms with Crippen LogP contribution < -0.4 is 5.32 Å². The van der Waals surface area contributed by atoms with Gasteiger partial charge in [-0.15, -0.1) is 0 Å². The molecule has 1 unspecified atom stereocenters. The summed E-state index contributed by atoms with van der Waals surface area (Å²) in [6, 6.07) is 11.1. The lowest BCUT2D eigenvalue weighted by Gasteiger charge is -2.33. The molecule has 0 bridgehead atoms. The minimum atomic E-state index is -0.756. The lowest BCUT2D eigenvalue weighted by atomic mass is 9.80. The summed E-state index contributed by atoms with van der Waals surface area (Å²) < 4.78 is 10.4. The highest BCUT2D eigenvalue weighted by molar-refractivity contribution is 5.93. The summed E-state index contributed by atoms with van der Waals surface area (Å²) >= 11 is 0. The van der Waals surface area contributed by atoms with Crippen molar-refractivity contribution in [2.45, 2.75) is 37.8 Å². The first-order chi connectivity index (χ1) is 12.6. The first-order valence-electron chi connectivity index (χ1n) is 8.44. The maximum Gasteiger partial charge on any atom is 0.273 e. The van der Waals surface area contributed by atoms with Crippen molar-refractivity contribution in [3.8, 4) is 11.3 Å². The molecular formula is C18H18N4O4. The molecule has 2 aromatic heterocycles. The molecule has 1 aromatic carbocycles. The van der Waals surface area contributed by atoms with Gasteiger partial charge in [-0.2, -0.15) is 4.98 Å². The molecule has 8 heteroatoms. The Labute approximate surface area is 149 Å². The van der Waals surface area contributed by atoms with Gasteiger partial charge in [-0.1, -0.05) is 40.6 Å². The average molecular weight is 354 g/mol. The lowest BCUT2D eigenvalue weighted by Crippen LogP contribution is -2.43. The number of aromatic nitrogens is 3. The predicted molar refractivity (Wildman–Crippen MR) is 90.1 cm³/mol. The SMILES string of the molecule is CC(O)c1noc([C@H]2C[C@H](NC(=O)c3cc(-c4ccccc4)on3)C2)n1. The number of aliphatic hydroxyl groups excluding tert-OH is 1. The van der Waals surface area contributed by atoms with E-state index in [4.69, 9.17) is 9.05 Å². The zero-order chi connectivity index (χ0) is 18.1. The highest BCUT2D eigenvalue weighted by Crippen LogP contribution is 2.36. The highest BCUT2D eigenvalue weighted by atomic mass is 16.5. The third-order valence-corrected chi connectivity index (χ3v) is 4.45. The van der Waals surface area contributed by atoms with Gasteiger partial charge in [0.1, 0.15) is 6.10 Å². The van der Waals surface area contributed by atoms with Crippen molar-refractivity contribution in [2.24, 2.45) is 0 Å². The number of benzene rings is 1. The topological polar surface area (TPSA) is 114 Å². The first-order valence-corrected chi connectivity index (χ1v) is 8.44. The molecule has 4 rings (SSSR count). The van der Waals surface area contributed by atoms with E-state index in [1.807, 2.05) is 30.3 Å². The van der Waals surface area contributed by atoms with Crippen molar-refractivity contribution < 1.29 is 18.9 Å². The molecule has 1 aliphatic carbocycles. The van der Waals surface area contributed by atoms with E-state index in [2.05, 4.69) is 20.6 Å². The summed E-state index contributed by atoms with van der Waals surface area (Å²) in [6.45, 7) is 1.58. The smallest absolute Gasteiger partial charge is 0.273 e. The number of amides is 1. The summed E-state index contributed by atoms with van der Waals surface area (Å²) in [7, 11) is 0. The molecular weight excluding hydrogens is 336 g/mol. The molecule has 1 amide bonds. The van der Waals surface area contributed by atoms with Crippen molar-refractivity contribution in [2.75, 3.05) is 0 Å². The molecule has 1 saturated carbocycles. The van der Waals surface area contributed by atoms with Crippen molar-refractivity contribution in [1.29, 1.82) is 0 Å². The maximum absolute atomic E-state index is 12.3. The molecule has 3 aromatic rings. The van der Waals surface area contributed by atoms with Crippen LogP contribution in [0.2, 0.25) is 0 Å². The number of hydrogen-bond donors (Lipinski definition) is 2. The largest absolute Gasteiger partial charge is 0.385 e. The third-order valence-electron chi connectivity index (χ3n) is 4.45. The molecule has 1 aliphatic rings. The Morgan fingerprint density at radius 3 is 2.69 bits per heavy atom. The molecule has 26 heavy (non-hydrogen) atoms. The van der Waals surface area contributed by atoms with Gasteiger partial charge in [0.05, 0.1) is 0 Å². The molecule has 2 heterocycles. The number of aliphatic hydroxyl groups is 1. The second-order valence-corrected chi connectivity index (χ2v) is 6.45. The second-order valence-electron chi connectivity index (χ2n) is 6.45. The normalized spacial score (nSPS) is 20.4. The number of carbonyl (C=O) groups is 1. The number of nitrogens with zero attached hydrogens (tertiary/aromatic N) is 3. The molecule has 2 N–H and O–H groups in total. The fourth-order valence-corrected chi connectivity index (χ4v) is 2.90. The fourth-order valence-electron chi connectivity index (χ4n) is 2.90. The van der Waals surface area contributed by atoms with Crippen LogP contribution in [0.3, 0.4) is 0 Å². The van der Waals surface area contributed by atoms with Crippen LogP contribution in [0.5, 0.6) is 0 Å². The zero-order valence-corrected chi connectivity index (χ0v) is 14.1. The third kappa shape index (κ3) is 3.23. The Kier molecular flexibility index (Phi) is 4.26. The van der Waals surface area contributed by atoms with Gasteiger partial charge in [-0.25, -0.2) is 0 Å². The lowest BCUT2D eigenvalue weighted by molar-refractivity contribution is 0.0892. The van der Waals surface area contributed by atoms with E-state index in [0.717, 1.165) is 5.56 Å². The summed E-state index contributed by atoms with van der Waals surface area (Å²) in [5.41, 5.74) is 1.12. The number of carbonyl (C=O) groups excluding carboxylic acids is 1. The molecule has 0 radical (unpaired) electrons. The Morgan fingerprint density at radius 2 is 2.00 bits per heavy atom. The fraction of sp³-hybridized carbons (Fsp3) is 0.333. The summed E-state index contributed by atoms with van der Waals surface area (Å²) in [5.74, 6) is 1.16. The van der Waals surface area contributed by atoms with Gasteiger partial charge < -0.3 is 19.5 Å². The van der Waals surface area contributed by atoms with E-state index in [1.165, 1.54) is 0 Å². The zero-order valence-electron chi connectivity index (χ0n) is 14.1. The Hall–Kier alpha value is -3.00. The monoisotopic (exact) mass is 354 g/mol. The maximum atomic E-state index is 12.3. The Bertz CT molecular complexity index is 897. The van der Waals surface area contributed by atoms with Gasteiger partial charge in [0, 0.05) is 23.6 Å². The van der Waals surface area contributed by atoms with Crippen molar-refractivity contribution >= 4 is 5.91 Å². The van der Waals surface area contributed by atoms with Gasteiger partial charge in [0.15, 0.2) is 17.3 Å². The number of rotatable bonds is 5. The van der Waals surface area contributed by atoms with Crippen LogP contribution in [0.15, 0.2) is 45.4 Å². The van der Waals surface area contributed by atoms with E-state index in [1.54, 1.807) is 13.0 Å². The number of nitrogens with one attached hydrogen (secondary N) is 1. The van der Waals surface area contributed by atoms with Gasteiger partial charge in [0.2, 0.25) is 5.89 Å². The molecule has 0 spiro atoms. The van der Waals surface area contributed by atoms with Crippen LogP contribution >= 0.6 is 0 Å². The summed E-state index contributed by atoms with van der Waals surface area (Å²) in [4.78, 5) is 16.5. The standard InChI is InChI=1S/C18H18N4O4/c1-10(23)16-20-18(26-22-16)12-7-13(8-12)19-17(24)14-9-15(25-21-14)11-5-3-2-4-6-11/h2-6,9-10,12-13,23H,7-8H2,1H3,(H,19,24)/t10?,12-,13-. The predicted octanol–water partition coefficient (Wildman–Crippen LogP) is 2.45. The van der Waals surface area contributed by atoms with Crippen molar-refractivity contribution in [3.05, 3.63) is 53.8 Å². The van der Waals surface area contributed by atoms with Crippen LogP contribution in [-0.2, 0) is 0 Å². The second kappa shape index (κ2) is 6.72. The van der Waals surface area contributed by atoms with Crippen molar-refractivity contribution in [3.63, 3.8) is 0 Å². The van der Waals surface area contributed by atoms with Crippen LogP contribution in [-0.4, -0.2) is 32.4 Å². The highest BCUT2D eigenvalue weighted by Gasteiger charge is 2.36. The van der Waals surface area contributed by atoms with Crippen LogP contribution in [0, 0.1) is 0 Å². The Morgan fingerprint density at radius 1 is 1.23 bits per heavy atom. The molecule has 8 nitrogen and oxygen atoms in total. The Balaban J connectivity index is 1.33. The van der Waals surface area contributed by atoms with Crippen LogP contribution in [0.4, 0.5) is 0 Å². The molecule has 1 atom stereocenters. The minimum Gasteiger partial charge on any atom is -0.385 e. The van der Waals surface area contributed by atoms with Gasteiger partial charge in [-0.3, -0.25) is 4.79 Å². The van der Waals surface area contributed by atoms with Crippen molar-refractivity contribution in [1.82, 2.24) is 20.6 Å². The van der Waals surface area contributed by atoms with E-state index in [0.29, 0.717) is 24.5 Å². The quantitative estimate of drug-likeness (QED) is 0.723. The number of hydrogen-bond acceptors (Lipinski definition) is 7. The summed E-state index contributed by atoms with van der Waals surface area (Å²) in [5, 5.41) is 19.9. The van der Waals surface area contributed by atoms with Crippen LogP contribution in [0.1, 0.15) is 54.0 Å². The van der Waals surface area contributed by atoms with E-state index < -0.39 is 6.10 Å².